The molecule has 0 spiro atoms. The van der Waals surface area contributed by atoms with E-state index in [4.69, 9.17) is 0 Å². The second kappa shape index (κ2) is 5.44. The van der Waals surface area contributed by atoms with Gasteiger partial charge in [0.05, 0.1) is 0 Å². The summed E-state index contributed by atoms with van der Waals surface area (Å²) < 4.78 is 0. The molecular formula is C17H27N3. The largest absolute Gasteiger partial charge is 0.307 e. The number of aromatic nitrogens is 2. The van der Waals surface area contributed by atoms with Gasteiger partial charge in [0.1, 0.15) is 5.82 Å². The summed E-state index contributed by atoms with van der Waals surface area (Å²) in [7, 11) is 0. The fourth-order valence-electron chi connectivity index (χ4n) is 4.35. The zero-order chi connectivity index (χ0) is 14.2. The standard InChI is InChI=1S/C17H27N3/c1-12-4-14-5-15(6-14)8-17(3,7-12)20-11-16-9-18-13(2)19-10-16/h9-10,12,14-15,20H,4-8,11H2,1-3H3. The van der Waals surface area contributed by atoms with Crippen molar-refractivity contribution in [3.8, 4) is 0 Å². The quantitative estimate of drug-likeness (QED) is 0.916. The van der Waals surface area contributed by atoms with E-state index < -0.39 is 0 Å². The van der Waals surface area contributed by atoms with E-state index >= 15 is 0 Å². The number of nitrogens with one attached hydrogen (secondary N) is 1. The molecule has 20 heavy (non-hydrogen) atoms. The molecule has 4 rings (SSSR count). The molecule has 2 bridgehead atoms. The lowest BCUT2D eigenvalue weighted by Gasteiger charge is -2.47. The first-order valence-electron chi connectivity index (χ1n) is 8.05. The van der Waals surface area contributed by atoms with Crippen molar-refractivity contribution in [2.45, 2.75) is 65.0 Å². The Balaban J connectivity index is 1.62. The van der Waals surface area contributed by atoms with Crippen molar-refractivity contribution >= 4 is 0 Å². The van der Waals surface area contributed by atoms with E-state index in [1.807, 2.05) is 19.3 Å². The lowest BCUT2D eigenvalue weighted by molar-refractivity contribution is 0.0702. The number of hydrogen-bond acceptors (Lipinski definition) is 3. The first kappa shape index (κ1) is 14.0. The second-order valence-electron chi connectivity index (χ2n) is 7.51. The summed E-state index contributed by atoms with van der Waals surface area (Å²) in [6.07, 6.45) is 10.9. The Morgan fingerprint density at radius 1 is 1.15 bits per heavy atom. The molecule has 3 nitrogen and oxygen atoms in total. The Kier molecular flexibility index (Phi) is 3.80. The molecule has 1 aromatic heterocycles. The van der Waals surface area contributed by atoms with Crippen LogP contribution < -0.4 is 5.32 Å². The maximum Gasteiger partial charge on any atom is 0.125 e. The van der Waals surface area contributed by atoms with Crippen LogP contribution in [0.15, 0.2) is 12.4 Å². The van der Waals surface area contributed by atoms with Crippen LogP contribution in [0.4, 0.5) is 0 Å². The molecule has 1 N–H and O–H groups in total. The monoisotopic (exact) mass is 273 g/mol. The highest BCUT2D eigenvalue weighted by Gasteiger charge is 2.40. The molecule has 1 aromatic rings. The summed E-state index contributed by atoms with van der Waals surface area (Å²) in [6, 6.07) is 0. The van der Waals surface area contributed by atoms with E-state index in [0.29, 0.717) is 0 Å². The van der Waals surface area contributed by atoms with Crippen molar-refractivity contribution in [1.29, 1.82) is 0 Å². The molecular weight excluding hydrogens is 246 g/mol. The van der Waals surface area contributed by atoms with Crippen LogP contribution in [-0.4, -0.2) is 15.5 Å². The average molecular weight is 273 g/mol. The summed E-state index contributed by atoms with van der Waals surface area (Å²) in [5, 5.41) is 3.81. The van der Waals surface area contributed by atoms with Crippen molar-refractivity contribution in [2.75, 3.05) is 0 Å². The van der Waals surface area contributed by atoms with Crippen molar-refractivity contribution < 1.29 is 0 Å². The van der Waals surface area contributed by atoms with Gasteiger partial charge in [-0.15, -0.1) is 0 Å². The van der Waals surface area contributed by atoms with Crippen LogP contribution in [0, 0.1) is 24.7 Å². The minimum Gasteiger partial charge on any atom is -0.307 e. The summed E-state index contributed by atoms with van der Waals surface area (Å²) in [4.78, 5) is 8.57. The molecule has 0 radical (unpaired) electrons. The average Bonchev–Trinajstić information content (AvgIpc) is 2.33. The SMILES string of the molecule is Cc1ncc(CNC2(C)CC(C)CC3CC(C3)C2)cn1. The fraction of sp³-hybridized carbons (Fsp3) is 0.765. The minimum atomic E-state index is 0.278. The van der Waals surface area contributed by atoms with Crippen LogP contribution in [-0.2, 0) is 6.54 Å². The molecule has 2 atom stereocenters. The Morgan fingerprint density at radius 2 is 1.85 bits per heavy atom. The first-order chi connectivity index (χ1) is 9.52. The van der Waals surface area contributed by atoms with Crippen molar-refractivity contribution in [3.05, 3.63) is 23.8 Å². The number of hydrogen-bond donors (Lipinski definition) is 1. The molecule has 2 unspecified atom stereocenters. The van der Waals surface area contributed by atoms with Crippen LogP contribution in [0.2, 0.25) is 0 Å². The summed E-state index contributed by atoms with van der Waals surface area (Å²) in [6.45, 7) is 7.66. The number of nitrogens with zero attached hydrogens (tertiary/aromatic N) is 2. The van der Waals surface area contributed by atoms with E-state index in [1.165, 1.54) is 37.7 Å². The summed E-state index contributed by atoms with van der Waals surface area (Å²) in [5.41, 5.74) is 1.47. The molecule has 0 saturated heterocycles. The van der Waals surface area contributed by atoms with Gasteiger partial charge in [-0.3, -0.25) is 0 Å². The van der Waals surface area contributed by atoms with E-state index in [0.717, 1.165) is 30.1 Å². The van der Waals surface area contributed by atoms with Crippen LogP contribution in [0.5, 0.6) is 0 Å². The third-order valence-corrected chi connectivity index (χ3v) is 5.16. The van der Waals surface area contributed by atoms with Gasteiger partial charge in [0.15, 0.2) is 0 Å². The molecule has 1 heterocycles. The van der Waals surface area contributed by atoms with Gasteiger partial charge >= 0.3 is 0 Å². The molecule has 3 fully saturated rings. The Labute approximate surface area is 122 Å². The lowest BCUT2D eigenvalue weighted by atomic mass is 9.62. The highest BCUT2D eigenvalue weighted by Crippen LogP contribution is 2.46. The number of aryl methyl sites for hydroxylation is 1. The van der Waals surface area contributed by atoms with E-state index in [1.54, 1.807) is 0 Å². The van der Waals surface area contributed by atoms with Gasteiger partial charge in [-0.2, -0.15) is 0 Å². The van der Waals surface area contributed by atoms with Gasteiger partial charge in [-0.05, 0) is 63.7 Å². The molecule has 0 amide bonds. The second-order valence-corrected chi connectivity index (χ2v) is 7.51. The molecule has 3 aliphatic carbocycles. The lowest BCUT2D eigenvalue weighted by Crippen LogP contribution is -2.48. The summed E-state index contributed by atoms with van der Waals surface area (Å²) in [5.74, 6) is 3.68. The van der Waals surface area contributed by atoms with E-state index in [9.17, 15) is 0 Å². The van der Waals surface area contributed by atoms with Crippen LogP contribution >= 0.6 is 0 Å². The Bertz CT molecular complexity index is 446. The molecule has 110 valence electrons. The van der Waals surface area contributed by atoms with Gasteiger partial charge in [-0.25, -0.2) is 9.97 Å². The van der Waals surface area contributed by atoms with Crippen molar-refractivity contribution in [2.24, 2.45) is 17.8 Å². The van der Waals surface area contributed by atoms with Gasteiger partial charge < -0.3 is 5.32 Å². The fourth-order valence-corrected chi connectivity index (χ4v) is 4.35. The molecule has 0 aliphatic heterocycles. The third-order valence-electron chi connectivity index (χ3n) is 5.16. The third kappa shape index (κ3) is 3.20. The normalized spacial score (nSPS) is 36.9. The van der Waals surface area contributed by atoms with Crippen LogP contribution in [0.3, 0.4) is 0 Å². The van der Waals surface area contributed by atoms with Gasteiger partial charge in [0, 0.05) is 30.0 Å². The van der Waals surface area contributed by atoms with Crippen molar-refractivity contribution in [3.63, 3.8) is 0 Å². The number of rotatable bonds is 3. The maximum absolute atomic E-state index is 4.29. The minimum absolute atomic E-state index is 0.278. The topological polar surface area (TPSA) is 37.8 Å². The van der Waals surface area contributed by atoms with Crippen LogP contribution in [0.25, 0.3) is 0 Å². The predicted molar refractivity (Wildman–Crippen MR) is 81.2 cm³/mol. The van der Waals surface area contributed by atoms with E-state index in [2.05, 4.69) is 29.1 Å². The molecule has 3 saturated carbocycles. The molecule has 3 aliphatic rings. The smallest absolute Gasteiger partial charge is 0.125 e. The maximum atomic E-state index is 4.29. The molecule has 3 heteroatoms. The Morgan fingerprint density at radius 3 is 2.55 bits per heavy atom. The van der Waals surface area contributed by atoms with Gasteiger partial charge in [0.2, 0.25) is 0 Å². The van der Waals surface area contributed by atoms with Gasteiger partial charge in [0.25, 0.3) is 0 Å². The summed E-state index contributed by atoms with van der Waals surface area (Å²) >= 11 is 0. The predicted octanol–water partition coefficient (Wildman–Crippen LogP) is 3.48. The van der Waals surface area contributed by atoms with E-state index in [-0.39, 0.29) is 5.54 Å². The van der Waals surface area contributed by atoms with Gasteiger partial charge in [-0.1, -0.05) is 6.92 Å². The van der Waals surface area contributed by atoms with Crippen molar-refractivity contribution in [1.82, 2.24) is 15.3 Å². The highest BCUT2D eigenvalue weighted by molar-refractivity contribution is 5.06. The molecule has 0 aromatic carbocycles. The zero-order valence-electron chi connectivity index (χ0n) is 13.0. The highest BCUT2D eigenvalue weighted by atomic mass is 15.0. The first-order valence-corrected chi connectivity index (χ1v) is 8.05. The zero-order valence-corrected chi connectivity index (χ0v) is 13.0. The number of fused-ring (bicyclic) bond motifs is 4. The Hall–Kier alpha value is -0.960. The van der Waals surface area contributed by atoms with Crippen LogP contribution in [0.1, 0.15) is 57.3 Å².